The highest BCUT2D eigenvalue weighted by Gasteiger charge is 2.10. The molecule has 18 heavy (non-hydrogen) atoms. The Labute approximate surface area is 110 Å². The van der Waals surface area contributed by atoms with Crippen LogP contribution < -0.4 is 4.74 Å². The van der Waals surface area contributed by atoms with E-state index in [-0.39, 0.29) is 16.8 Å². The van der Waals surface area contributed by atoms with Gasteiger partial charge in [-0.25, -0.2) is 13.2 Å². The van der Waals surface area contributed by atoms with Crippen LogP contribution in [0.1, 0.15) is 5.56 Å². The van der Waals surface area contributed by atoms with E-state index < -0.39 is 17.5 Å². The first-order chi connectivity index (χ1) is 8.56. The smallest absolute Gasteiger partial charge is 0.144 e. The van der Waals surface area contributed by atoms with Crippen molar-refractivity contribution in [3.63, 3.8) is 0 Å². The summed E-state index contributed by atoms with van der Waals surface area (Å²) in [5, 5.41) is 0. The average Bonchev–Trinajstić information content (AvgIpc) is 2.32. The van der Waals surface area contributed by atoms with Crippen LogP contribution >= 0.6 is 15.9 Å². The van der Waals surface area contributed by atoms with Crippen LogP contribution in [0.25, 0.3) is 0 Å². The van der Waals surface area contributed by atoms with Crippen LogP contribution in [0.4, 0.5) is 13.2 Å². The molecule has 0 spiro atoms. The molecule has 0 fully saturated rings. The Bertz CT molecular complexity index is 577. The zero-order valence-corrected chi connectivity index (χ0v) is 10.5. The van der Waals surface area contributed by atoms with Gasteiger partial charge in [0, 0.05) is 23.9 Å². The van der Waals surface area contributed by atoms with Gasteiger partial charge >= 0.3 is 0 Å². The molecule has 0 aliphatic heterocycles. The van der Waals surface area contributed by atoms with Gasteiger partial charge in [0.15, 0.2) is 0 Å². The number of benzene rings is 1. The second kappa shape index (κ2) is 5.39. The molecule has 0 unspecified atom stereocenters. The van der Waals surface area contributed by atoms with E-state index in [0.717, 1.165) is 18.3 Å². The van der Waals surface area contributed by atoms with Gasteiger partial charge in [0.25, 0.3) is 0 Å². The molecule has 0 amide bonds. The Morgan fingerprint density at radius 3 is 2.56 bits per heavy atom. The third kappa shape index (κ3) is 3.01. The molecule has 1 aromatic heterocycles. The Morgan fingerprint density at radius 1 is 1.06 bits per heavy atom. The predicted molar refractivity (Wildman–Crippen MR) is 62.6 cm³/mol. The van der Waals surface area contributed by atoms with Crippen LogP contribution in [0.2, 0.25) is 0 Å². The van der Waals surface area contributed by atoms with Crippen molar-refractivity contribution in [2.24, 2.45) is 0 Å². The predicted octanol–water partition coefficient (Wildman–Crippen LogP) is 3.84. The number of aromatic nitrogens is 1. The minimum absolute atomic E-state index is 0.0109. The van der Waals surface area contributed by atoms with Crippen molar-refractivity contribution in [3.05, 3.63) is 58.1 Å². The maximum absolute atomic E-state index is 13.2. The molecule has 0 radical (unpaired) electrons. The molecule has 1 heterocycles. The zero-order valence-electron chi connectivity index (χ0n) is 8.96. The SMILES string of the molecule is Fc1cncc(COc2cc(F)cc(F)c2Br)c1. The molecule has 0 atom stereocenters. The highest BCUT2D eigenvalue weighted by Crippen LogP contribution is 2.29. The summed E-state index contributed by atoms with van der Waals surface area (Å²) >= 11 is 2.95. The fraction of sp³-hybridized carbons (Fsp3) is 0.0833. The van der Waals surface area contributed by atoms with E-state index in [0.29, 0.717) is 5.56 Å². The van der Waals surface area contributed by atoms with Gasteiger partial charge in [0.1, 0.15) is 29.8 Å². The van der Waals surface area contributed by atoms with Crippen molar-refractivity contribution < 1.29 is 17.9 Å². The van der Waals surface area contributed by atoms with Gasteiger partial charge in [0.2, 0.25) is 0 Å². The lowest BCUT2D eigenvalue weighted by atomic mass is 10.3. The van der Waals surface area contributed by atoms with Crippen molar-refractivity contribution in [3.8, 4) is 5.75 Å². The van der Waals surface area contributed by atoms with Crippen molar-refractivity contribution in [2.45, 2.75) is 6.61 Å². The van der Waals surface area contributed by atoms with Crippen LogP contribution in [0.5, 0.6) is 5.75 Å². The van der Waals surface area contributed by atoms with Gasteiger partial charge in [-0.1, -0.05) is 0 Å². The molecule has 0 bridgehead atoms. The highest BCUT2D eigenvalue weighted by atomic mass is 79.9. The Balaban J connectivity index is 2.15. The first-order valence-electron chi connectivity index (χ1n) is 4.93. The average molecular weight is 318 g/mol. The van der Waals surface area contributed by atoms with E-state index in [1.54, 1.807) is 0 Å². The number of halogens is 4. The van der Waals surface area contributed by atoms with E-state index in [2.05, 4.69) is 20.9 Å². The van der Waals surface area contributed by atoms with E-state index in [9.17, 15) is 13.2 Å². The topological polar surface area (TPSA) is 22.1 Å². The normalized spacial score (nSPS) is 10.4. The first-order valence-corrected chi connectivity index (χ1v) is 5.72. The van der Waals surface area contributed by atoms with Crippen LogP contribution in [0.3, 0.4) is 0 Å². The summed E-state index contributed by atoms with van der Waals surface area (Å²) in [6.07, 6.45) is 2.47. The largest absolute Gasteiger partial charge is 0.487 e. The number of ether oxygens (including phenoxy) is 1. The summed E-state index contributed by atoms with van der Waals surface area (Å²) < 4.78 is 44.3. The minimum Gasteiger partial charge on any atom is -0.487 e. The zero-order chi connectivity index (χ0) is 13.1. The number of rotatable bonds is 3. The van der Waals surface area contributed by atoms with Gasteiger partial charge in [-0.15, -0.1) is 0 Å². The Kier molecular flexibility index (Phi) is 3.86. The number of hydrogen-bond donors (Lipinski definition) is 0. The van der Waals surface area contributed by atoms with Crippen LogP contribution in [-0.4, -0.2) is 4.98 Å². The monoisotopic (exact) mass is 317 g/mol. The van der Waals surface area contributed by atoms with Crippen molar-refractivity contribution in [1.82, 2.24) is 4.98 Å². The molecule has 0 saturated carbocycles. The van der Waals surface area contributed by atoms with E-state index in [4.69, 9.17) is 4.74 Å². The standard InChI is InChI=1S/C12H7BrF3NO/c13-12-10(16)2-8(14)3-11(12)18-6-7-1-9(15)5-17-4-7/h1-5H,6H2. The van der Waals surface area contributed by atoms with Crippen LogP contribution in [-0.2, 0) is 6.61 Å². The van der Waals surface area contributed by atoms with Crippen LogP contribution in [0.15, 0.2) is 35.1 Å². The molecule has 0 N–H and O–H groups in total. The lowest BCUT2D eigenvalue weighted by molar-refractivity contribution is 0.299. The Hall–Kier alpha value is -1.56. The first kappa shape index (κ1) is 12.9. The lowest BCUT2D eigenvalue weighted by Gasteiger charge is -2.08. The van der Waals surface area contributed by atoms with Gasteiger partial charge in [-0.05, 0) is 22.0 Å². The number of pyridine rings is 1. The molecule has 94 valence electrons. The highest BCUT2D eigenvalue weighted by molar-refractivity contribution is 9.10. The van der Waals surface area contributed by atoms with Crippen molar-refractivity contribution >= 4 is 15.9 Å². The third-order valence-corrected chi connectivity index (χ3v) is 2.89. The summed E-state index contributed by atoms with van der Waals surface area (Å²) in [7, 11) is 0. The van der Waals surface area contributed by atoms with Gasteiger partial charge in [-0.2, -0.15) is 0 Å². The molecule has 1 aromatic carbocycles. The molecular formula is C12H7BrF3NO. The summed E-state index contributed by atoms with van der Waals surface area (Å²) in [5.74, 6) is -2.00. The lowest BCUT2D eigenvalue weighted by Crippen LogP contribution is -1.99. The third-order valence-electron chi connectivity index (χ3n) is 2.12. The fourth-order valence-electron chi connectivity index (χ4n) is 1.33. The molecule has 2 rings (SSSR count). The Morgan fingerprint density at radius 2 is 1.83 bits per heavy atom. The molecule has 0 saturated heterocycles. The molecule has 0 aliphatic rings. The van der Waals surface area contributed by atoms with Crippen molar-refractivity contribution in [2.75, 3.05) is 0 Å². The van der Waals surface area contributed by atoms with Crippen LogP contribution in [0, 0.1) is 17.5 Å². The maximum Gasteiger partial charge on any atom is 0.144 e. The molecule has 6 heteroatoms. The van der Waals surface area contributed by atoms with Gasteiger partial charge < -0.3 is 4.74 Å². The summed E-state index contributed by atoms with van der Waals surface area (Å²) in [4.78, 5) is 3.64. The summed E-state index contributed by atoms with van der Waals surface area (Å²) in [6, 6.07) is 3.01. The molecule has 2 nitrogen and oxygen atoms in total. The second-order valence-corrected chi connectivity index (χ2v) is 4.29. The van der Waals surface area contributed by atoms with E-state index in [1.807, 2.05) is 0 Å². The summed E-state index contributed by atoms with van der Waals surface area (Å²) in [6.45, 7) is -0.0355. The number of nitrogens with zero attached hydrogens (tertiary/aromatic N) is 1. The van der Waals surface area contributed by atoms with E-state index in [1.165, 1.54) is 12.3 Å². The van der Waals surface area contributed by atoms with Gasteiger partial charge in [0.05, 0.1) is 10.7 Å². The number of hydrogen-bond acceptors (Lipinski definition) is 2. The van der Waals surface area contributed by atoms with Gasteiger partial charge in [-0.3, -0.25) is 4.98 Å². The summed E-state index contributed by atoms with van der Waals surface area (Å²) in [5.41, 5.74) is 0.464. The fourth-order valence-corrected chi connectivity index (χ4v) is 1.68. The quantitative estimate of drug-likeness (QED) is 0.802. The van der Waals surface area contributed by atoms with Crippen molar-refractivity contribution in [1.29, 1.82) is 0 Å². The second-order valence-electron chi connectivity index (χ2n) is 3.50. The molecular weight excluding hydrogens is 311 g/mol. The molecule has 0 aliphatic carbocycles. The maximum atomic E-state index is 13.2. The molecule has 2 aromatic rings. The van der Waals surface area contributed by atoms with E-state index >= 15 is 0 Å². The minimum atomic E-state index is -0.762.